The Morgan fingerprint density at radius 1 is 1.59 bits per heavy atom. The average Bonchev–Trinajstić information content (AvgIpc) is 2.78. The Balaban J connectivity index is 2.17. The number of nitrogens with two attached hydrogens (primary N) is 1. The highest BCUT2D eigenvalue weighted by atomic mass is 32.1. The van der Waals surface area contributed by atoms with Crippen LogP contribution in [0.5, 0.6) is 0 Å². The molecule has 0 spiro atoms. The third-order valence-electron chi connectivity index (χ3n) is 2.17. The van der Waals surface area contributed by atoms with Crippen LogP contribution in [0.25, 0.3) is 0 Å². The van der Waals surface area contributed by atoms with Crippen molar-refractivity contribution in [3.05, 3.63) is 16.6 Å². The molecule has 94 valence electrons. The minimum atomic E-state index is -0.948. The molecular formula is C10H15N3O3S. The molecule has 7 heteroatoms. The summed E-state index contributed by atoms with van der Waals surface area (Å²) in [5, 5.41) is 13.0. The lowest BCUT2D eigenvalue weighted by molar-refractivity contribution is -0.137. The van der Waals surface area contributed by atoms with Gasteiger partial charge in [0.25, 0.3) is 0 Å². The summed E-state index contributed by atoms with van der Waals surface area (Å²) in [6, 6.07) is -0.762. The molecule has 0 aliphatic heterocycles. The largest absolute Gasteiger partial charge is 0.481 e. The minimum Gasteiger partial charge on any atom is -0.481 e. The second kappa shape index (κ2) is 6.97. The molecular weight excluding hydrogens is 242 g/mol. The maximum Gasteiger partial charge on any atom is 0.303 e. The van der Waals surface area contributed by atoms with Gasteiger partial charge in [0.05, 0.1) is 17.2 Å². The summed E-state index contributed by atoms with van der Waals surface area (Å²) in [6.45, 7) is 0.462. The first-order valence-corrected chi connectivity index (χ1v) is 6.16. The number of nitrogens with zero attached hydrogens (tertiary/aromatic N) is 1. The quantitative estimate of drug-likeness (QED) is 0.637. The van der Waals surface area contributed by atoms with Gasteiger partial charge in [-0.15, -0.1) is 11.3 Å². The van der Waals surface area contributed by atoms with E-state index in [1.165, 1.54) is 11.3 Å². The monoisotopic (exact) mass is 257 g/mol. The number of hydrogen-bond acceptors (Lipinski definition) is 5. The van der Waals surface area contributed by atoms with Crippen molar-refractivity contribution in [1.29, 1.82) is 0 Å². The van der Waals surface area contributed by atoms with E-state index < -0.39 is 12.0 Å². The Hall–Kier alpha value is -1.47. The SMILES string of the molecule is NC(CCC(=O)O)C(=O)NCCc1cscn1. The van der Waals surface area contributed by atoms with E-state index in [0.29, 0.717) is 13.0 Å². The summed E-state index contributed by atoms with van der Waals surface area (Å²) in [4.78, 5) is 25.8. The van der Waals surface area contributed by atoms with Crippen molar-refractivity contribution in [3.8, 4) is 0 Å². The molecule has 0 bridgehead atoms. The molecule has 6 nitrogen and oxygen atoms in total. The number of carbonyl (C=O) groups excluding carboxylic acids is 1. The van der Waals surface area contributed by atoms with E-state index in [-0.39, 0.29) is 18.7 Å². The lowest BCUT2D eigenvalue weighted by atomic mass is 10.1. The molecule has 0 aliphatic carbocycles. The van der Waals surface area contributed by atoms with Crippen molar-refractivity contribution in [2.45, 2.75) is 25.3 Å². The van der Waals surface area contributed by atoms with Crippen LogP contribution in [-0.2, 0) is 16.0 Å². The molecule has 1 heterocycles. The number of carbonyl (C=O) groups is 2. The van der Waals surface area contributed by atoms with Gasteiger partial charge in [-0.1, -0.05) is 0 Å². The third kappa shape index (κ3) is 5.41. The summed E-state index contributed by atoms with van der Waals surface area (Å²) in [7, 11) is 0. The molecule has 0 aromatic carbocycles. The zero-order valence-corrected chi connectivity index (χ0v) is 10.1. The van der Waals surface area contributed by atoms with Gasteiger partial charge < -0.3 is 16.2 Å². The summed E-state index contributed by atoms with van der Waals surface area (Å²) in [5.74, 6) is -1.27. The molecule has 0 fully saturated rings. The normalized spacial score (nSPS) is 12.1. The van der Waals surface area contributed by atoms with E-state index in [1.54, 1.807) is 5.51 Å². The molecule has 4 N–H and O–H groups in total. The van der Waals surface area contributed by atoms with Gasteiger partial charge in [0, 0.05) is 24.8 Å². The number of aromatic nitrogens is 1. The molecule has 1 rings (SSSR count). The van der Waals surface area contributed by atoms with E-state index in [1.807, 2.05) is 5.38 Å². The number of thiazole rings is 1. The number of nitrogens with one attached hydrogen (secondary N) is 1. The molecule has 1 unspecified atom stereocenters. The van der Waals surface area contributed by atoms with Crippen LogP contribution in [0.15, 0.2) is 10.9 Å². The van der Waals surface area contributed by atoms with E-state index in [4.69, 9.17) is 10.8 Å². The zero-order chi connectivity index (χ0) is 12.7. The van der Waals surface area contributed by atoms with Crippen LogP contribution in [0.1, 0.15) is 18.5 Å². The number of rotatable bonds is 7. The van der Waals surface area contributed by atoms with Gasteiger partial charge in [-0.2, -0.15) is 0 Å². The Morgan fingerprint density at radius 2 is 2.35 bits per heavy atom. The number of hydrogen-bond donors (Lipinski definition) is 3. The summed E-state index contributed by atoms with van der Waals surface area (Å²) >= 11 is 1.50. The first-order chi connectivity index (χ1) is 8.09. The number of carboxylic acids is 1. The lowest BCUT2D eigenvalue weighted by Gasteiger charge is -2.10. The van der Waals surface area contributed by atoms with Gasteiger partial charge in [-0.25, -0.2) is 4.98 Å². The van der Waals surface area contributed by atoms with Gasteiger partial charge in [0.1, 0.15) is 0 Å². The van der Waals surface area contributed by atoms with Crippen LogP contribution in [0, 0.1) is 0 Å². The predicted octanol–water partition coefficient (Wildman–Crippen LogP) is -0.00610. The molecule has 0 saturated carbocycles. The van der Waals surface area contributed by atoms with Gasteiger partial charge in [0.2, 0.25) is 5.91 Å². The Labute approximate surface area is 103 Å². The van der Waals surface area contributed by atoms with Gasteiger partial charge in [-0.3, -0.25) is 9.59 Å². The molecule has 17 heavy (non-hydrogen) atoms. The van der Waals surface area contributed by atoms with E-state index in [9.17, 15) is 9.59 Å². The molecule has 1 atom stereocenters. The number of aliphatic carboxylic acids is 1. The van der Waals surface area contributed by atoms with Crippen molar-refractivity contribution < 1.29 is 14.7 Å². The van der Waals surface area contributed by atoms with Crippen LogP contribution >= 0.6 is 11.3 Å². The Bertz CT molecular complexity index is 367. The molecule has 1 aromatic heterocycles. The van der Waals surface area contributed by atoms with Gasteiger partial charge in [-0.05, 0) is 6.42 Å². The maximum absolute atomic E-state index is 11.4. The van der Waals surface area contributed by atoms with Crippen molar-refractivity contribution in [3.63, 3.8) is 0 Å². The highest BCUT2D eigenvalue weighted by molar-refractivity contribution is 7.07. The Morgan fingerprint density at radius 3 is 2.94 bits per heavy atom. The third-order valence-corrected chi connectivity index (χ3v) is 2.81. The highest BCUT2D eigenvalue weighted by Crippen LogP contribution is 2.01. The summed E-state index contributed by atoms with van der Waals surface area (Å²) in [5.41, 5.74) is 8.19. The van der Waals surface area contributed by atoms with Gasteiger partial charge >= 0.3 is 5.97 Å². The second-order valence-electron chi connectivity index (χ2n) is 3.56. The molecule has 1 amide bonds. The average molecular weight is 257 g/mol. The van der Waals surface area contributed by atoms with E-state index in [2.05, 4.69) is 10.3 Å². The zero-order valence-electron chi connectivity index (χ0n) is 9.26. The summed E-state index contributed by atoms with van der Waals surface area (Å²) in [6.07, 6.45) is 0.708. The van der Waals surface area contributed by atoms with Crippen molar-refractivity contribution in [2.24, 2.45) is 5.73 Å². The lowest BCUT2D eigenvalue weighted by Crippen LogP contribution is -2.41. The fourth-order valence-corrected chi connectivity index (χ4v) is 1.81. The van der Waals surface area contributed by atoms with Crippen LogP contribution < -0.4 is 11.1 Å². The van der Waals surface area contributed by atoms with Crippen LogP contribution in [0.2, 0.25) is 0 Å². The minimum absolute atomic E-state index is 0.0966. The fourth-order valence-electron chi connectivity index (χ4n) is 1.22. The molecule has 0 saturated heterocycles. The summed E-state index contributed by atoms with van der Waals surface area (Å²) < 4.78 is 0. The van der Waals surface area contributed by atoms with Crippen molar-refractivity contribution in [1.82, 2.24) is 10.3 Å². The van der Waals surface area contributed by atoms with E-state index in [0.717, 1.165) is 5.69 Å². The Kier molecular flexibility index (Phi) is 5.58. The van der Waals surface area contributed by atoms with Crippen molar-refractivity contribution >= 4 is 23.2 Å². The first kappa shape index (κ1) is 13.6. The number of amides is 1. The number of carboxylic acid groups (broad SMARTS) is 1. The smallest absolute Gasteiger partial charge is 0.303 e. The highest BCUT2D eigenvalue weighted by Gasteiger charge is 2.14. The molecule has 0 radical (unpaired) electrons. The van der Waals surface area contributed by atoms with E-state index >= 15 is 0 Å². The standard InChI is InChI=1S/C10H15N3O3S/c11-8(1-2-9(14)15)10(16)12-4-3-7-5-17-6-13-7/h5-6,8H,1-4,11H2,(H,12,16)(H,14,15). The van der Waals surface area contributed by atoms with Crippen molar-refractivity contribution in [2.75, 3.05) is 6.54 Å². The predicted molar refractivity (Wildman–Crippen MR) is 63.7 cm³/mol. The van der Waals surface area contributed by atoms with Gasteiger partial charge in [0.15, 0.2) is 0 Å². The molecule has 0 aliphatic rings. The maximum atomic E-state index is 11.4. The fraction of sp³-hybridized carbons (Fsp3) is 0.500. The topological polar surface area (TPSA) is 105 Å². The second-order valence-corrected chi connectivity index (χ2v) is 4.28. The van der Waals surface area contributed by atoms with Crippen LogP contribution in [0.4, 0.5) is 0 Å². The molecule has 1 aromatic rings. The first-order valence-electron chi connectivity index (χ1n) is 5.21. The van der Waals surface area contributed by atoms with Crippen LogP contribution in [0.3, 0.4) is 0 Å². The van der Waals surface area contributed by atoms with Crippen LogP contribution in [-0.4, -0.2) is 34.6 Å².